The van der Waals surface area contributed by atoms with Gasteiger partial charge in [0.1, 0.15) is 5.75 Å². The maximum absolute atomic E-state index is 12.5. The van der Waals surface area contributed by atoms with Crippen molar-refractivity contribution >= 4 is 23.2 Å². The van der Waals surface area contributed by atoms with Gasteiger partial charge in [0, 0.05) is 10.7 Å². The Hall–Kier alpha value is -2.00. The van der Waals surface area contributed by atoms with Crippen LogP contribution >= 0.6 is 11.6 Å². The lowest BCUT2D eigenvalue weighted by Crippen LogP contribution is -2.32. The molecule has 0 saturated heterocycles. The highest BCUT2D eigenvalue weighted by Gasteiger charge is 2.20. The molecule has 23 heavy (non-hydrogen) atoms. The van der Waals surface area contributed by atoms with Gasteiger partial charge in [0.25, 0.3) is 5.91 Å². The quantitative estimate of drug-likeness (QED) is 0.784. The first-order chi connectivity index (χ1) is 11.0. The molecule has 0 bridgehead atoms. The van der Waals surface area contributed by atoms with Gasteiger partial charge in [-0.25, -0.2) is 0 Å². The number of hydrogen-bond acceptors (Lipinski definition) is 2. The average Bonchev–Trinajstić information content (AvgIpc) is 2.54. The van der Waals surface area contributed by atoms with Crippen LogP contribution in [0.4, 0.5) is 5.69 Å². The van der Waals surface area contributed by atoms with Gasteiger partial charge in [0.15, 0.2) is 6.10 Å². The van der Waals surface area contributed by atoms with Gasteiger partial charge in [-0.3, -0.25) is 4.79 Å². The molecule has 0 aliphatic heterocycles. The lowest BCUT2D eigenvalue weighted by atomic mass is 10.0. The fourth-order valence-corrected chi connectivity index (χ4v) is 2.45. The number of nitrogens with one attached hydrogen (secondary N) is 1. The summed E-state index contributed by atoms with van der Waals surface area (Å²) >= 11 is 5.86. The number of para-hydroxylation sites is 1. The van der Waals surface area contributed by atoms with E-state index < -0.39 is 6.10 Å². The Morgan fingerprint density at radius 1 is 1.13 bits per heavy atom. The van der Waals surface area contributed by atoms with Gasteiger partial charge in [0.05, 0.1) is 0 Å². The van der Waals surface area contributed by atoms with Crippen molar-refractivity contribution in [1.82, 2.24) is 0 Å². The van der Waals surface area contributed by atoms with Crippen LogP contribution in [0.1, 0.15) is 38.7 Å². The van der Waals surface area contributed by atoms with Crippen LogP contribution in [0.5, 0.6) is 5.75 Å². The summed E-state index contributed by atoms with van der Waals surface area (Å²) < 4.78 is 5.78. The van der Waals surface area contributed by atoms with Gasteiger partial charge >= 0.3 is 0 Å². The maximum atomic E-state index is 12.5. The summed E-state index contributed by atoms with van der Waals surface area (Å²) in [5.74, 6) is 0.827. The fraction of sp³-hybridized carbons (Fsp3) is 0.316. The van der Waals surface area contributed by atoms with Gasteiger partial charge < -0.3 is 10.1 Å². The third-order valence-corrected chi connectivity index (χ3v) is 3.85. The van der Waals surface area contributed by atoms with Crippen molar-refractivity contribution in [1.29, 1.82) is 0 Å². The maximum Gasteiger partial charge on any atom is 0.265 e. The summed E-state index contributed by atoms with van der Waals surface area (Å²) in [4.78, 5) is 12.5. The summed E-state index contributed by atoms with van der Waals surface area (Å²) in [5.41, 5.74) is 1.95. The Labute approximate surface area is 142 Å². The average molecular weight is 332 g/mol. The largest absolute Gasteiger partial charge is 0.481 e. The molecule has 4 heteroatoms. The lowest BCUT2D eigenvalue weighted by Gasteiger charge is -2.19. The van der Waals surface area contributed by atoms with Gasteiger partial charge in [-0.2, -0.15) is 0 Å². The molecule has 0 spiro atoms. The molecule has 122 valence electrons. The first kappa shape index (κ1) is 17.4. The molecular formula is C19H22ClNO2. The Morgan fingerprint density at radius 2 is 1.78 bits per heavy atom. The molecule has 1 N–H and O–H groups in total. The minimum absolute atomic E-state index is 0.143. The van der Waals surface area contributed by atoms with Crippen molar-refractivity contribution in [3.05, 3.63) is 59.1 Å². The number of carbonyl (C=O) groups is 1. The summed E-state index contributed by atoms with van der Waals surface area (Å²) in [7, 11) is 0. The van der Waals surface area contributed by atoms with Crippen LogP contribution in [0, 0.1) is 0 Å². The van der Waals surface area contributed by atoms with Crippen LogP contribution in [-0.2, 0) is 4.79 Å². The second-order valence-electron chi connectivity index (χ2n) is 5.70. The van der Waals surface area contributed by atoms with Crippen LogP contribution < -0.4 is 10.1 Å². The third kappa shape index (κ3) is 4.73. The van der Waals surface area contributed by atoms with E-state index in [1.165, 1.54) is 0 Å². The van der Waals surface area contributed by atoms with E-state index in [2.05, 4.69) is 19.2 Å². The van der Waals surface area contributed by atoms with Crippen molar-refractivity contribution in [2.45, 2.75) is 39.2 Å². The molecule has 0 radical (unpaired) electrons. The van der Waals surface area contributed by atoms with Crippen LogP contribution in [0.25, 0.3) is 0 Å². The van der Waals surface area contributed by atoms with Crippen molar-refractivity contribution < 1.29 is 9.53 Å². The number of halogens is 1. The standard InChI is InChI=1S/C19H22ClNO2/c1-4-18(23-15-11-9-14(20)10-12-15)19(22)21-17-8-6-5-7-16(17)13(2)3/h5-13,18H,4H2,1-3H3,(H,21,22)/t18-/m0/s1. The Kier molecular flexibility index (Phi) is 6.05. The van der Waals surface area contributed by atoms with E-state index in [1.54, 1.807) is 24.3 Å². The second kappa shape index (κ2) is 8.02. The van der Waals surface area contributed by atoms with Crippen LogP contribution in [0.15, 0.2) is 48.5 Å². The number of amides is 1. The summed E-state index contributed by atoms with van der Waals surface area (Å²) in [6.07, 6.45) is 0.0366. The molecule has 3 nitrogen and oxygen atoms in total. The molecule has 0 aliphatic rings. The van der Waals surface area contributed by atoms with Crippen LogP contribution in [0.2, 0.25) is 5.02 Å². The first-order valence-electron chi connectivity index (χ1n) is 7.83. The second-order valence-corrected chi connectivity index (χ2v) is 6.14. The molecule has 2 aromatic carbocycles. The zero-order chi connectivity index (χ0) is 16.8. The number of benzene rings is 2. The molecule has 2 rings (SSSR count). The number of rotatable bonds is 6. The lowest BCUT2D eigenvalue weighted by molar-refractivity contribution is -0.122. The van der Waals surface area contributed by atoms with Crippen molar-refractivity contribution in [2.24, 2.45) is 0 Å². The SMILES string of the molecule is CC[C@H](Oc1ccc(Cl)cc1)C(=O)Nc1ccccc1C(C)C. The van der Waals surface area contributed by atoms with Crippen molar-refractivity contribution in [2.75, 3.05) is 5.32 Å². The Balaban J connectivity index is 2.10. The van der Waals surface area contributed by atoms with Gasteiger partial charge in [-0.15, -0.1) is 0 Å². The van der Waals surface area contributed by atoms with Crippen LogP contribution in [0.3, 0.4) is 0 Å². The fourth-order valence-electron chi connectivity index (χ4n) is 2.33. The highest BCUT2D eigenvalue weighted by atomic mass is 35.5. The van der Waals surface area contributed by atoms with E-state index >= 15 is 0 Å². The predicted octanol–water partition coefficient (Wildman–Crippen LogP) is 5.26. The van der Waals surface area contributed by atoms with Crippen LogP contribution in [-0.4, -0.2) is 12.0 Å². The van der Waals surface area contributed by atoms with E-state index in [-0.39, 0.29) is 5.91 Å². The number of ether oxygens (including phenoxy) is 1. The molecule has 0 unspecified atom stereocenters. The van der Waals surface area contributed by atoms with E-state index in [9.17, 15) is 4.79 Å². The molecular weight excluding hydrogens is 310 g/mol. The number of hydrogen-bond donors (Lipinski definition) is 1. The van der Waals surface area contributed by atoms with E-state index in [1.807, 2.05) is 31.2 Å². The summed E-state index contributed by atoms with van der Waals surface area (Å²) in [6, 6.07) is 14.9. The number of anilines is 1. The molecule has 0 fully saturated rings. The minimum atomic E-state index is -0.545. The summed E-state index contributed by atoms with van der Waals surface area (Å²) in [5, 5.41) is 3.62. The predicted molar refractivity (Wildman–Crippen MR) is 95.3 cm³/mol. The zero-order valence-electron chi connectivity index (χ0n) is 13.7. The molecule has 1 amide bonds. The topological polar surface area (TPSA) is 38.3 Å². The molecule has 0 saturated carbocycles. The molecule has 0 aliphatic carbocycles. The smallest absolute Gasteiger partial charge is 0.265 e. The molecule has 0 aromatic heterocycles. The van der Waals surface area contributed by atoms with Gasteiger partial charge in [-0.05, 0) is 48.2 Å². The van der Waals surface area contributed by atoms with Gasteiger partial charge in [0.2, 0.25) is 0 Å². The normalized spacial score (nSPS) is 12.0. The molecule has 2 aromatic rings. The summed E-state index contributed by atoms with van der Waals surface area (Å²) in [6.45, 7) is 6.13. The third-order valence-electron chi connectivity index (χ3n) is 3.60. The highest BCUT2D eigenvalue weighted by molar-refractivity contribution is 6.30. The monoisotopic (exact) mass is 331 g/mol. The number of carbonyl (C=O) groups excluding carboxylic acids is 1. The van der Waals surface area contributed by atoms with Crippen molar-refractivity contribution in [3.63, 3.8) is 0 Å². The molecule has 1 atom stereocenters. The van der Waals surface area contributed by atoms with E-state index in [0.29, 0.717) is 23.1 Å². The van der Waals surface area contributed by atoms with Crippen molar-refractivity contribution in [3.8, 4) is 5.75 Å². The Bertz CT molecular complexity index is 653. The highest BCUT2D eigenvalue weighted by Crippen LogP contribution is 2.24. The molecule has 0 heterocycles. The zero-order valence-corrected chi connectivity index (χ0v) is 14.4. The first-order valence-corrected chi connectivity index (χ1v) is 8.21. The van der Waals surface area contributed by atoms with Gasteiger partial charge in [-0.1, -0.05) is 50.6 Å². The minimum Gasteiger partial charge on any atom is -0.481 e. The Morgan fingerprint density at radius 3 is 2.39 bits per heavy atom. The van der Waals surface area contributed by atoms with E-state index in [0.717, 1.165) is 11.3 Å². The van der Waals surface area contributed by atoms with E-state index in [4.69, 9.17) is 16.3 Å².